The lowest BCUT2D eigenvalue weighted by atomic mass is 9.86. The molecule has 2 heterocycles. The van der Waals surface area contributed by atoms with Crippen molar-refractivity contribution in [3.8, 4) is 11.3 Å². The standard InChI is InChI=1S/C24H28N4O2/c1-15-7-6-11-28(14-15)12-10-25-18-13-19(27(2)3)22-21-20(18)23(29)16-8-4-5-9-17(16)24(21)30-26-22/h4-5,8-9,13,15,25H,6-7,10-12,14H2,1-3H3/t15-/m0/s1. The molecule has 1 atom stereocenters. The maximum absolute atomic E-state index is 13.5. The van der Waals surface area contributed by atoms with Gasteiger partial charge in [0, 0.05) is 50.5 Å². The minimum absolute atomic E-state index is 0.0331. The number of piperidine rings is 1. The summed E-state index contributed by atoms with van der Waals surface area (Å²) in [5, 5.41) is 8.73. The zero-order valence-corrected chi connectivity index (χ0v) is 17.9. The topological polar surface area (TPSA) is 61.6 Å². The van der Waals surface area contributed by atoms with Gasteiger partial charge in [-0.2, -0.15) is 0 Å². The summed E-state index contributed by atoms with van der Waals surface area (Å²) in [7, 11) is 3.98. The average molecular weight is 405 g/mol. The van der Waals surface area contributed by atoms with Gasteiger partial charge in [-0.05, 0) is 31.4 Å². The normalized spacial score (nSPS) is 18.5. The molecule has 1 N–H and O–H groups in total. The van der Waals surface area contributed by atoms with Gasteiger partial charge in [-0.1, -0.05) is 36.3 Å². The molecule has 156 valence electrons. The molecule has 2 aliphatic rings. The molecule has 0 amide bonds. The highest BCUT2D eigenvalue weighted by atomic mass is 16.5. The van der Waals surface area contributed by atoms with Gasteiger partial charge < -0.3 is 19.6 Å². The summed E-state index contributed by atoms with van der Waals surface area (Å²) in [5.74, 6) is 1.48. The fourth-order valence-corrected chi connectivity index (χ4v) is 4.86. The Bertz CT molecular complexity index is 1120. The van der Waals surface area contributed by atoms with Crippen LogP contribution in [0.4, 0.5) is 11.4 Å². The number of nitrogens with zero attached hydrogens (tertiary/aromatic N) is 3. The molecule has 30 heavy (non-hydrogen) atoms. The zero-order valence-electron chi connectivity index (χ0n) is 17.9. The third-order valence-corrected chi connectivity index (χ3v) is 6.34. The second-order valence-electron chi connectivity index (χ2n) is 8.80. The molecular weight excluding hydrogens is 376 g/mol. The van der Waals surface area contributed by atoms with Crippen LogP contribution in [0.25, 0.3) is 22.2 Å². The van der Waals surface area contributed by atoms with E-state index in [2.05, 4.69) is 22.3 Å². The lowest BCUT2D eigenvalue weighted by Crippen LogP contribution is -2.37. The van der Waals surface area contributed by atoms with Crippen molar-refractivity contribution in [3.63, 3.8) is 0 Å². The number of nitrogens with one attached hydrogen (secondary N) is 1. The molecule has 1 aromatic heterocycles. The second-order valence-corrected chi connectivity index (χ2v) is 8.80. The molecule has 5 rings (SSSR count). The molecule has 1 aliphatic heterocycles. The van der Waals surface area contributed by atoms with Gasteiger partial charge in [0.05, 0.1) is 16.6 Å². The van der Waals surface area contributed by atoms with Crippen LogP contribution in [0.5, 0.6) is 0 Å². The van der Waals surface area contributed by atoms with Crippen molar-refractivity contribution < 1.29 is 9.32 Å². The molecule has 0 spiro atoms. The molecule has 1 saturated heterocycles. The number of aromatic nitrogens is 1. The van der Waals surface area contributed by atoms with Crippen LogP contribution in [0.2, 0.25) is 0 Å². The fourth-order valence-electron chi connectivity index (χ4n) is 4.86. The predicted octanol–water partition coefficient (Wildman–Crippen LogP) is 4.25. The smallest absolute Gasteiger partial charge is 0.196 e. The van der Waals surface area contributed by atoms with Crippen LogP contribution < -0.4 is 10.2 Å². The average Bonchev–Trinajstić information content (AvgIpc) is 3.17. The molecule has 6 nitrogen and oxygen atoms in total. The lowest BCUT2D eigenvalue weighted by Gasteiger charge is -2.31. The van der Waals surface area contributed by atoms with Gasteiger partial charge in [0.1, 0.15) is 5.52 Å². The molecule has 0 bridgehead atoms. The SMILES string of the molecule is C[C@H]1CCCN(CCNc2cc(N(C)C)c3noc4c3c2C(=O)c2ccccc2-4)C1. The summed E-state index contributed by atoms with van der Waals surface area (Å²) in [5.41, 5.74) is 4.72. The van der Waals surface area contributed by atoms with Crippen molar-refractivity contribution >= 4 is 28.1 Å². The Balaban J connectivity index is 1.54. The van der Waals surface area contributed by atoms with Gasteiger partial charge in [0.15, 0.2) is 11.5 Å². The van der Waals surface area contributed by atoms with Crippen LogP contribution in [0.15, 0.2) is 34.9 Å². The molecule has 2 aromatic carbocycles. The predicted molar refractivity (Wildman–Crippen MR) is 121 cm³/mol. The Morgan fingerprint density at radius 1 is 1.27 bits per heavy atom. The summed E-state index contributed by atoms with van der Waals surface area (Å²) in [6, 6.07) is 9.67. The Morgan fingerprint density at radius 3 is 2.83 bits per heavy atom. The first-order valence-corrected chi connectivity index (χ1v) is 10.8. The Morgan fingerprint density at radius 2 is 2.07 bits per heavy atom. The minimum atomic E-state index is 0.0331. The van der Waals surface area contributed by atoms with Crippen LogP contribution >= 0.6 is 0 Å². The van der Waals surface area contributed by atoms with E-state index in [-0.39, 0.29) is 5.78 Å². The third-order valence-electron chi connectivity index (χ3n) is 6.34. The first-order chi connectivity index (χ1) is 14.5. The highest BCUT2D eigenvalue weighted by Crippen LogP contribution is 2.45. The zero-order chi connectivity index (χ0) is 20.8. The lowest BCUT2D eigenvalue weighted by molar-refractivity contribution is 0.104. The summed E-state index contributed by atoms with van der Waals surface area (Å²) in [6.45, 7) is 6.40. The molecular formula is C24H28N4O2. The number of likely N-dealkylation sites (tertiary alicyclic amines) is 1. The first kappa shape index (κ1) is 19.1. The first-order valence-electron chi connectivity index (χ1n) is 10.8. The third kappa shape index (κ3) is 3.06. The van der Waals surface area contributed by atoms with Crippen molar-refractivity contribution in [2.24, 2.45) is 5.92 Å². The van der Waals surface area contributed by atoms with Gasteiger partial charge in [-0.25, -0.2) is 0 Å². The van der Waals surface area contributed by atoms with E-state index in [0.29, 0.717) is 16.9 Å². The number of hydrogen-bond donors (Lipinski definition) is 1. The highest BCUT2D eigenvalue weighted by molar-refractivity contribution is 6.28. The number of carbonyl (C=O) groups is 1. The maximum Gasteiger partial charge on any atom is 0.196 e. The number of anilines is 2. The number of benzene rings is 2. The van der Waals surface area contributed by atoms with E-state index >= 15 is 0 Å². The van der Waals surface area contributed by atoms with Crippen LogP contribution in [0, 0.1) is 5.92 Å². The minimum Gasteiger partial charge on any atom is -0.383 e. The van der Waals surface area contributed by atoms with E-state index in [1.54, 1.807) is 0 Å². The number of hydrogen-bond acceptors (Lipinski definition) is 6. The van der Waals surface area contributed by atoms with Crippen molar-refractivity contribution in [1.29, 1.82) is 0 Å². The van der Waals surface area contributed by atoms with E-state index in [4.69, 9.17) is 4.52 Å². The molecule has 6 heteroatoms. The van der Waals surface area contributed by atoms with E-state index < -0.39 is 0 Å². The second kappa shape index (κ2) is 7.43. The van der Waals surface area contributed by atoms with Gasteiger partial charge >= 0.3 is 0 Å². The number of fused-ring (bicyclic) bond motifs is 2. The Kier molecular flexibility index (Phi) is 4.74. The number of carbonyl (C=O) groups excluding carboxylic acids is 1. The molecule has 0 radical (unpaired) electrons. The van der Waals surface area contributed by atoms with Crippen LogP contribution in [-0.2, 0) is 0 Å². The van der Waals surface area contributed by atoms with E-state index in [0.717, 1.165) is 59.9 Å². The van der Waals surface area contributed by atoms with Gasteiger partial charge in [0.25, 0.3) is 0 Å². The fraction of sp³-hybridized carbons (Fsp3) is 0.417. The molecule has 3 aromatic rings. The van der Waals surface area contributed by atoms with Gasteiger partial charge in [-0.3, -0.25) is 4.79 Å². The monoisotopic (exact) mass is 404 g/mol. The quantitative estimate of drug-likeness (QED) is 0.537. The molecule has 0 unspecified atom stereocenters. The summed E-state index contributed by atoms with van der Waals surface area (Å²) in [4.78, 5) is 18.0. The van der Waals surface area contributed by atoms with Gasteiger partial charge in [0.2, 0.25) is 0 Å². The van der Waals surface area contributed by atoms with Crippen molar-refractivity contribution in [2.45, 2.75) is 19.8 Å². The van der Waals surface area contributed by atoms with Crippen molar-refractivity contribution in [3.05, 3.63) is 41.5 Å². The summed E-state index contributed by atoms with van der Waals surface area (Å²) in [6.07, 6.45) is 2.59. The van der Waals surface area contributed by atoms with Crippen molar-refractivity contribution in [2.75, 3.05) is 50.5 Å². The van der Waals surface area contributed by atoms with Crippen LogP contribution in [0.3, 0.4) is 0 Å². The Labute approximate surface area is 176 Å². The summed E-state index contributed by atoms with van der Waals surface area (Å²) >= 11 is 0. The maximum atomic E-state index is 13.5. The largest absolute Gasteiger partial charge is 0.383 e. The van der Waals surface area contributed by atoms with E-state index in [1.165, 1.54) is 12.8 Å². The molecule has 0 saturated carbocycles. The Hall–Kier alpha value is -2.86. The van der Waals surface area contributed by atoms with Crippen molar-refractivity contribution in [1.82, 2.24) is 10.1 Å². The van der Waals surface area contributed by atoms with E-state index in [9.17, 15) is 4.79 Å². The van der Waals surface area contributed by atoms with Crippen LogP contribution in [0.1, 0.15) is 35.7 Å². The molecule has 1 aliphatic carbocycles. The van der Waals surface area contributed by atoms with Gasteiger partial charge in [-0.15, -0.1) is 0 Å². The van der Waals surface area contributed by atoms with Crippen LogP contribution in [-0.4, -0.2) is 56.1 Å². The molecule has 1 fully saturated rings. The van der Waals surface area contributed by atoms with E-state index in [1.807, 2.05) is 49.3 Å². The number of rotatable bonds is 5. The summed E-state index contributed by atoms with van der Waals surface area (Å²) < 4.78 is 5.76. The highest BCUT2D eigenvalue weighted by Gasteiger charge is 2.33. The number of ketones is 1.